The van der Waals surface area contributed by atoms with E-state index in [1.807, 2.05) is 12.1 Å². The number of nitrogens with two attached hydrogens (primary N) is 1. The molecule has 0 atom stereocenters. The molecular weight excluding hydrogens is 344 g/mol. The highest BCUT2D eigenvalue weighted by Gasteiger charge is 2.11. The summed E-state index contributed by atoms with van der Waals surface area (Å²) in [7, 11) is 2.08. The van der Waals surface area contributed by atoms with Crippen molar-refractivity contribution >= 4 is 44.6 Å². The molecule has 0 fully saturated rings. The van der Waals surface area contributed by atoms with Crippen molar-refractivity contribution in [3.05, 3.63) is 49.6 Å². The largest absolute Gasteiger partial charge is 0.369 e. The molecule has 0 aliphatic rings. The molecule has 0 unspecified atom stereocenters. The maximum atomic E-state index is 6.27. The monoisotopic (exact) mass is 358 g/mol. The van der Waals surface area contributed by atoms with E-state index in [0.29, 0.717) is 6.54 Å². The maximum Gasteiger partial charge on any atom is 0.0520 e. The molecule has 0 radical (unpaired) electrons. The Morgan fingerprint density at radius 1 is 1.42 bits per heavy atom. The lowest BCUT2D eigenvalue weighted by Gasteiger charge is -2.22. The summed E-state index contributed by atoms with van der Waals surface area (Å²) < 4.78 is 1.13. The van der Waals surface area contributed by atoms with E-state index in [1.54, 1.807) is 11.3 Å². The van der Waals surface area contributed by atoms with Crippen LogP contribution in [0.15, 0.2) is 34.1 Å². The molecule has 0 bridgehead atoms. The van der Waals surface area contributed by atoms with Gasteiger partial charge in [-0.05, 0) is 52.7 Å². The zero-order valence-electron chi connectivity index (χ0n) is 10.7. The second kappa shape index (κ2) is 6.75. The Balaban J connectivity index is 2.23. The van der Waals surface area contributed by atoms with Crippen LogP contribution in [0.2, 0.25) is 5.02 Å². The Kier molecular flexibility index (Phi) is 5.28. The molecule has 2 nitrogen and oxygen atoms in total. The summed E-state index contributed by atoms with van der Waals surface area (Å²) in [4.78, 5) is 3.53. The normalized spacial score (nSPS) is 10.7. The van der Waals surface area contributed by atoms with Gasteiger partial charge in [-0.15, -0.1) is 11.3 Å². The van der Waals surface area contributed by atoms with Crippen molar-refractivity contribution in [1.82, 2.24) is 0 Å². The summed E-state index contributed by atoms with van der Waals surface area (Å²) in [6.07, 6.45) is 0.799. The zero-order chi connectivity index (χ0) is 13.8. The van der Waals surface area contributed by atoms with Crippen molar-refractivity contribution < 1.29 is 0 Å². The molecule has 102 valence electrons. The molecule has 0 aliphatic carbocycles. The van der Waals surface area contributed by atoms with E-state index in [1.165, 1.54) is 4.88 Å². The van der Waals surface area contributed by atoms with Crippen LogP contribution >= 0.6 is 38.9 Å². The Labute approximate surface area is 131 Å². The first kappa shape index (κ1) is 14.9. The number of halogens is 2. The molecule has 0 aliphatic heterocycles. The average molecular weight is 360 g/mol. The van der Waals surface area contributed by atoms with Gasteiger partial charge in [-0.25, -0.2) is 0 Å². The average Bonchev–Trinajstić information content (AvgIpc) is 2.77. The lowest BCUT2D eigenvalue weighted by atomic mass is 10.1. The lowest BCUT2D eigenvalue weighted by molar-refractivity contribution is 0.903. The highest BCUT2D eigenvalue weighted by Crippen LogP contribution is 2.29. The number of hydrogen-bond acceptors (Lipinski definition) is 3. The van der Waals surface area contributed by atoms with Crippen molar-refractivity contribution in [2.75, 3.05) is 18.5 Å². The van der Waals surface area contributed by atoms with Crippen molar-refractivity contribution in [3.63, 3.8) is 0 Å². The van der Waals surface area contributed by atoms with E-state index < -0.39 is 0 Å². The van der Waals surface area contributed by atoms with Crippen LogP contribution in [0.1, 0.15) is 10.4 Å². The molecule has 2 N–H and O–H groups in total. The van der Waals surface area contributed by atoms with Crippen LogP contribution in [0.25, 0.3) is 0 Å². The van der Waals surface area contributed by atoms with Crippen LogP contribution in [0, 0.1) is 0 Å². The van der Waals surface area contributed by atoms with E-state index in [-0.39, 0.29) is 0 Å². The molecule has 5 heteroatoms. The number of nitrogens with zero attached hydrogens (tertiary/aromatic N) is 1. The Morgan fingerprint density at radius 2 is 2.21 bits per heavy atom. The van der Waals surface area contributed by atoms with Crippen molar-refractivity contribution in [1.29, 1.82) is 0 Å². The van der Waals surface area contributed by atoms with E-state index >= 15 is 0 Å². The van der Waals surface area contributed by atoms with Gasteiger partial charge >= 0.3 is 0 Å². The van der Waals surface area contributed by atoms with Gasteiger partial charge in [0.2, 0.25) is 0 Å². The van der Waals surface area contributed by atoms with Gasteiger partial charge < -0.3 is 10.6 Å². The van der Waals surface area contributed by atoms with Crippen molar-refractivity contribution in [2.45, 2.75) is 13.0 Å². The van der Waals surface area contributed by atoms with Crippen LogP contribution in [-0.2, 0) is 13.0 Å². The van der Waals surface area contributed by atoms with Crippen LogP contribution in [0.4, 0.5) is 5.69 Å². The first-order valence-corrected chi connectivity index (χ1v) is 8.08. The summed E-state index contributed by atoms with van der Waals surface area (Å²) in [5.74, 6) is 0. The van der Waals surface area contributed by atoms with Gasteiger partial charge in [0, 0.05) is 32.5 Å². The number of benzene rings is 1. The number of anilines is 1. The fraction of sp³-hybridized carbons (Fsp3) is 0.286. The standard InChI is InChI=1S/C14H16BrClN2S/c1-18(8-11-7-10(15)9-19-11)14-4-2-3-13(16)12(14)5-6-17/h2-4,7,9H,5-6,8,17H2,1H3. The summed E-state index contributed by atoms with van der Waals surface area (Å²) >= 11 is 11.5. The number of rotatable bonds is 5. The first-order valence-electron chi connectivity index (χ1n) is 6.03. The van der Waals surface area contributed by atoms with Gasteiger partial charge in [-0.1, -0.05) is 17.7 Å². The van der Waals surface area contributed by atoms with Gasteiger partial charge in [-0.3, -0.25) is 0 Å². The van der Waals surface area contributed by atoms with E-state index in [4.69, 9.17) is 17.3 Å². The SMILES string of the molecule is CN(Cc1cc(Br)cs1)c1cccc(Cl)c1CCN. The maximum absolute atomic E-state index is 6.27. The fourth-order valence-electron chi connectivity index (χ4n) is 2.05. The minimum absolute atomic E-state index is 0.606. The van der Waals surface area contributed by atoms with Crippen molar-refractivity contribution in [2.24, 2.45) is 5.73 Å². The highest BCUT2D eigenvalue weighted by molar-refractivity contribution is 9.10. The predicted octanol–water partition coefficient (Wildman–Crippen LogP) is 4.30. The summed E-state index contributed by atoms with van der Waals surface area (Å²) in [5.41, 5.74) is 7.96. The lowest BCUT2D eigenvalue weighted by Crippen LogP contribution is -2.18. The topological polar surface area (TPSA) is 29.3 Å². The third-order valence-electron chi connectivity index (χ3n) is 2.91. The van der Waals surface area contributed by atoms with Gasteiger partial charge in [0.05, 0.1) is 6.54 Å². The molecule has 0 saturated heterocycles. The third kappa shape index (κ3) is 3.72. The van der Waals surface area contributed by atoms with E-state index in [9.17, 15) is 0 Å². The van der Waals surface area contributed by atoms with Gasteiger partial charge in [0.1, 0.15) is 0 Å². The van der Waals surface area contributed by atoms with Crippen LogP contribution in [0.3, 0.4) is 0 Å². The van der Waals surface area contributed by atoms with E-state index in [2.05, 4.69) is 45.4 Å². The summed E-state index contributed by atoms with van der Waals surface area (Å²) in [6, 6.07) is 8.15. The van der Waals surface area contributed by atoms with Crippen LogP contribution in [0.5, 0.6) is 0 Å². The second-order valence-electron chi connectivity index (χ2n) is 4.36. The molecule has 1 aromatic carbocycles. The predicted molar refractivity (Wildman–Crippen MR) is 88.3 cm³/mol. The number of hydrogen-bond donors (Lipinski definition) is 1. The molecule has 0 saturated carbocycles. The van der Waals surface area contributed by atoms with Crippen LogP contribution < -0.4 is 10.6 Å². The third-order valence-corrected chi connectivity index (χ3v) is 4.95. The van der Waals surface area contributed by atoms with Crippen molar-refractivity contribution in [3.8, 4) is 0 Å². The van der Waals surface area contributed by atoms with Gasteiger partial charge in [0.15, 0.2) is 0 Å². The minimum atomic E-state index is 0.606. The molecule has 0 amide bonds. The molecule has 1 aromatic heterocycles. The summed E-state index contributed by atoms with van der Waals surface area (Å²) in [6.45, 7) is 1.48. The molecule has 0 spiro atoms. The molecular formula is C14H16BrClN2S. The first-order chi connectivity index (χ1) is 9.11. The number of thiophene rings is 1. The molecule has 1 heterocycles. The Hall–Kier alpha value is -0.550. The van der Waals surface area contributed by atoms with Crippen LogP contribution in [-0.4, -0.2) is 13.6 Å². The quantitative estimate of drug-likeness (QED) is 0.862. The Bertz CT molecular complexity index is 556. The Morgan fingerprint density at radius 3 is 2.84 bits per heavy atom. The smallest absolute Gasteiger partial charge is 0.0520 e. The van der Waals surface area contributed by atoms with Gasteiger partial charge in [-0.2, -0.15) is 0 Å². The minimum Gasteiger partial charge on any atom is -0.369 e. The highest BCUT2D eigenvalue weighted by atomic mass is 79.9. The fourth-order valence-corrected chi connectivity index (χ4v) is 3.82. The second-order valence-corrected chi connectivity index (χ2v) is 6.68. The van der Waals surface area contributed by atoms with E-state index in [0.717, 1.165) is 33.7 Å². The zero-order valence-corrected chi connectivity index (χ0v) is 13.9. The summed E-state index contributed by atoms with van der Waals surface area (Å²) in [5, 5.41) is 2.89. The molecule has 19 heavy (non-hydrogen) atoms. The van der Waals surface area contributed by atoms with Gasteiger partial charge in [0.25, 0.3) is 0 Å². The molecule has 2 rings (SSSR count). The molecule has 2 aromatic rings.